The number of H-pyrrole nitrogens is 1. The maximum Gasteiger partial charge on any atom is 0.228 e. The Balaban J connectivity index is 2.17. The number of nitrogens with one attached hydrogen (secondary N) is 2. The van der Waals surface area contributed by atoms with Crippen LogP contribution in [0, 0.1) is 34.6 Å². The van der Waals surface area contributed by atoms with Crippen molar-refractivity contribution in [3.63, 3.8) is 0 Å². The Morgan fingerprint density at radius 3 is 2.25 bits per heavy atom. The second-order valence-electron chi connectivity index (χ2n) is 5.41. The van der Waals surface area contributed by atoms with Crippen LogP contribution in [0.2, 0.25) is 0 Å². The van der Waals surface area contributed by atoms with E-state index in [4.69, 9.17) is 0 Å². The molecule has 1 heterocycles. The van der Waals surface area contributed by atoms with Gasteiger partial charge in [0.05, 0.1) is 12.1 Å². The van der Waals surface area contributed by atoms with E-state index in [1.54, 1.807) is 0 Å². The molecule has 0 saturated carbocycles. The number of anilines is 1. The van der Waals surface area contributed by atoms with Crippen LogP contribution >= 0.6 is 0 Å². The van der Waals surface area contributed by atoms with E-state index in [0.29, 0.717) is 6.42 Å². The van der Waals surface area contributed by atoms with Crippen LogP contribution in [0.1, 0.15) is 33.6 Å². The third-order valence-corrected chi connectivity index (χ3v) is 3.56. The van der Waals surface area contributed by atoms with Crippen LogP contribution < -0.4 is 5.32 Å². The normalized spacial score (nSPS) is 10.7. The molecule has 1 amide bonds. The average molecular weight is 271 g/mol. The van der Waals surface area contributed by atoms with Crippen molar-refractivity contribution >= 4 is 11.6 Å². The van der Waals surface area contributed by atoms with Gasteiger partial charge in [-0.25, -0.2) is 0 Å². The van der Waals surface area contributed by atoms with Crippen LogP contribution in [0.4, 0.5) is 5.69 Å². The Labute approximate surface area is 119 Å². The molecule has 0 aliphatic rings. The minimum Gasteiger partial charge on any atom is -0.325 e. The predicted molar refractivity (Wildman–Crippen MR) is 81.0 cm³/mol. The smallest absolute Gasteiger partial charge is 0.228 e. The first kappa shape index (κ1) is 14.3. The van der Waals surface area contributed by atoms with Crippen molar-refractivity contribution in [1.29, 1.82) is 0 Å². The Morgan fingerprint density at radius 2 is 1.75 bits per heavy atom. The van der Waals surface area contributed by atoms with Crippen molar-refractivity contribution in [1.82, 2.24) is 10.2 Å². The van der Waals surface area contributed by atoms with Crippen LogP contribution in [-0.4, -0.2) is 16.1 Å². The summed E-state index contributed by atoms with van der Waals surface area (Å²) < 4.78 is 0. The van der Waals surface area contributed by atoms with E-state index < -0.39 is 0 Å². The number of hydrogen-bond acceptors (Lipinski definition) is 2. The van der Waals surface area contributed by atoms with Gasteiger partial charge in [-0.2, -0.15) is 5.10 Å². The first-order valence-electron chi connectivity index (χ1n) is 6.76. The standard InChI is InChI=1S/C16H21N3O/c1-9-6-10(2)16(11(3)7-9)17-15(20)8-14-12(4)18-19-13(14)5/h6-7H,8H2,1-5H3,(H,17,20)(H,18,19). The highest BCUT2D eigenvalue weighted by Crippen LogP contribution is 2.22. The summed E-state index contributed by atoms with van der Waals surface area (Å²) in [5.41, 5.74) is 7.13. The topological polar surface area (TPSA) is 57.8 Å². The molecule has 2 rings (SSSR count). The number of carbonyl (C=O) groups is 1. The lowest BCUT2D eigenvalue weighted by molar-refractivity contribution is -0.115. The minimum absolute atomic E-state index is 0.00680. The molecule has 4 heteroatoms. The number of aromatic amines is 1. The molecule has 0 fully saturated rings. The van der Waals surface area contributed by atoms with Crippen molar-refractivity contribution in [3.05, 3.63) is 45.8 Å². The summed E-state index contributed by atoms with van der Waals surface area (Å²) in [7, 11) is 0. The van der Waals surface area contributed by atoms with E-state index in [1.165, 1.54) is 5.56 Å². The van der Waals surface area contributed by atoms with Gasteiger partial charge in [0, 0.05) is 16.9 Å². The van der Waals surface area contributed by atoms with Gasteiger partial charge in [0.1, 0.15) is 0 Å². The van der Waals surface area contributed by atoms with Crippen molar-refractivity contribution in [2.45, 2.75) is 41.0 Å². The zero-order chi connectivity index (χ0) is 14.9. The molecule has 2 N–H and O–H groups in total. The second-order valence-corrected chi connectivity index (χ2v) is 5.41. The summed E-state index contributed by atoms with van der Waals surface area (Å²) in [6, 6.07) is 4.16. The number of carbonyl (C=O) groups excluding carboxylic acids is 1. The van der Waals surface area contributed by atoms with E-state index in [9.17, 15) is 4.79 Å². The van der Waals surface area contributed by atoms with Crippen molar-refractivity contribution < 1.29 is 4.79 Å². The van der Waals surface area contributed by atoms with Gasteiger partial charge in [0.2, 0.25) is 5.91 Å². The Morgan fingerprint density at radius 1 is 1.15 bits per heavy atom. The Hall–Kier alpha value is -2.10. The fraction of sp³-hybridized carbons (Fsp3) is 0.375. The van der Waals surface area contributed by atoms with Crippen LogP contribution in [-0.2, 0) is 11.2 Å². The summed E-state index contributed by atoms with van der Waals surface area (Å²) in [5.74, 6) is -0.00680. The molecule has 0 aliphatic heterocycles. The number of benzene rings is 1. The Bertz CT molecular complexity index is 613. The molecular weight excluding hydrogens is 250 g/mol. The lowest BCUT2D eigenvalue weighted by Gasteiger charge is -2.13. The zero-order valence-corrected chi connectivity index (χ0v) is 12.7. The number of amides is 1. The number of nitrogens with zero attached hydrogens (tertiary/aromatic N) is 1. The zero-order valence-electron chi connectivity index (χ0n) is 12.7. The summed E-state index contributed by atoms with van der Waals surface area (Å²) in [6.07, 6.45) is 0.348. The average Bonchev–Trinajstić information content (AvgIpc) is 2.65. The number of aromatic nitrogens is 2. The molecule has 0 saturated heterocycles. The first-order valence-corrected chi connectivity index (χ1v) is 6.76. The number of hydrogen-bond donors (Lipinski definition) is 2. The molecule has 2 aromatic rings. The number of rotatable bonds is 3. The van der Waals surface area contributed by atoms with Gasteiger partial charge in [0.15, 0.2) is 0 Å². The summed E-state index contributed by atoms with van der Waals surface area (Å²) in [5, 5.41) is 10.0. The molecule has 20 heavy (non-hydrogen) atoms. The summed E-state index contributed by atoms with van der Waals surface area (Å²) in [4.78, 5) is 12.2. The molecule has 106 valence electrons. The molecular formula is C16H21N3O. The minimum atomic E-state index is -0.00680. The fourth-order valence-electron chi connectivity index (χ4n) is 2.56. The number of aryl methyl sites for hydroxylation is 5. The second kappa shape index (κ2) is 5.49. The highest BCUT2D eigenvalue weighted by Gasteiger charge is 2.13. The third-order valence-electron chi connectivity index (χ3n) is 3.56. The van der Waals surface area contributed by atoms with Gasteiger partial charge >= 0.3 is 0 Å². The van der Waals surface area contributed by atoms with E-state index in [1.807, 2.05) is 27.7 Å². The molecule has 1 aromatic heterocycles. The summed E-state index contributed by atoms with van der Waals surface area (Å²) in [6.45, 7) is 9.94. The molecule has 0 aliphatic carbocycles. The van der Waals surface area contributed by atoms with E-state index in [2.05, 4.69) is 34.6 Å². The molecule has 4 nitrogen and oxygen atoms in total. The van der Waals surface area contributed by atoms with E-state index in [0.717, 1.165) is 33.8 Å². The molecule has 0 atom stereocenters. The van der Waals surface area contributed by atoms with Gasteiger partial charge in [-0.1, -0.05) is 17.7 Å². The quantitative estimate of drug-likeness (QED) is 0.901. The van der Waals surface area contributed by atoms with Crippen molar-refractivity contribution in [2.24, 2.45) is 0 Å². The molecule has 0 spiro atoms. The monoisotopic (exact) mass is 271 g/mol. The lowest BCUT2D eigenvalue weighted by atomic mass is 10.0. The van der Waals surface area contributed by atoms with E-state index in [-0.39, 0.29) is 5.91 Å². The van der Waals surface area contributed by atoms with E-state index >= 15 is 0 Å². The summed E-state index contributed by atoms with van der Waals surface area (Å²) >= 11 is 0. The first-order chi connectivity index (χ1) is 9.38. The molecule has 0 radical (unpaired) electrons. The lowest BCUT2D eigenvalue weighted by Crippen LogP contribution is -2.17. The van der Waals surface area contributed by atoms with Gasteiger partial charge in [0.25, 0.3) is 0 Å². The largest absolute Gasteiger partial charge is 0.325 e. The SMILES string of the molecule is Cc1cc(C)c(NC(=O)Cc2c(C)n[nH]c2C)c(C)c1. The maximum atomic E-state index is 12.2. The predicted octanol–water partition coefficient (Wildman–Crippen LogP) is 3.13. The van der Waals surface area contributed by atoms with Crippen molar-refractivity contribution in [3.8, 4) is 0 Å². The molecule has 0 bridgehead atoms. The van der Waals surface area contributed by atoms with Gasteiger partial charge in [-0.3, -0.25) is 9.89 Å². The van der Waals surface area contributed by atoms with Crippen LogP contribution in [0.25, 0.3) is 0 Å². The highest BCUT2D eigenvalue weighted by atomic mass is 16.1. The fourth-order valence-corrected chi connectivity index (χ4v) is 2.56. The maximum absolute atomic E-state index is 12.2. The Kier molecular flexibility index (Phi) is 3.93. The van der Waals surface area contributed by atoms with Crippen molar-refractivity contribution in [2.75, 3.05) is 5.32 Å². The van der Waals surface area contributed by atoms with Gasteiger partial charge in [-0.15, -0.1) is 0 Å². The van der Waals surface area contributed by atoms with Crippen LogP contribution in [0.5, 0.6) is 0 Å². The molecule has 1 aromatic carbocycles. The molecule has 0 unspecified atom stereocenters. The van der Waals surface area contributed by atoms with Crippen LogP contribution in [0.15, 0.2) is 12.1 Å². The van der Waals surface area contributed by atoms with Crippen LogP contribution in [0.3, 0.4) is 0 Å². The van der Waals surface area contributed by atoms with Gasteiger partial charge < -0.3 is 5.32 Å². The third kappa shape index (κ3) is 2.90. The van der Waals surface area contributed by atoms with Gasteiger partial charge in [-0.05, 0) is 45.7 Å². The highest BCUT2D eigenvalue weighted by molar-refractivity contribution is 5.94.